The van der Waals surface area contributed by atoms with Crippen LogP contribution in [-0.4, -0.2) is 14.7 Å². The van der Waals surface area contributed by atoms with Crippen LogP contribution in [0.15, 0.2) is 53.7 Å². The molecule has 7 heteroatoms. The Labute approximate surface area is 140 Å². The van der Waals surface area contributed by atoms with Crippen LogP contribution in [-0.2, 0) is 6.54 Å². The van der Waals surface area contributed by atoms with Gasteiger partial charge in [-0.15, -0.1) is 0 Å². The molecule has 0 spiro atoms. The molecule has 3 aromatic rings. The summed E-state index contributed by atoms with van der Waals surface area (Å²) in [5.41, 5.74) is 0.614. The van der Waals surface area contributed by atoms with Crippen molar-refractivity contribution >= 4 is 11.6 Å². The van der Waals surface area contributed by atoms with Crippen molar-refractivity contribution in [2.75, 3.05) is 0 Å². The van der Waals surface area contributed by atoms with E-state index in [2.05, 4.69) is 4.98 Å². The van der Waals surface area contributed by atoms with E-state index >= 15 is 0 Å². The van der Waals surface area contributed by atoms with Gasteiger partial charge in [-0.1, -0.05) is 23.7 Å². The third-order valence-corrected chi connectivity index (χ3v) is 3.87. The van der Waals surface area contributed by atoms with Gasteiger partial charge in [-0.2, -0.15) is 0 Å². The Hall–Kier alpha value is -2.73. The van der Waals surface area contributed by atoms with Crippen molar-refractivity contribution in [2.24, 2.45) is 0 Å². The maximum absolute atomic E-state index is 13.5. The minimum absolute atomic E-state index is 0.0966. The number of benzene rings is 2. The molecular formula is C17H11ClF2N2O2. The molecule has 0 aliphatic carbocycles. The van der Waals surface area contributed by atoms with Crippen LogP contribution in [0.4, 0.5) is 8.78 Å². The van der Waals surface area contributed by atoms with Gasteiger partial charge in [0.15, 0.2) is 11.6 Å². The second-order valence-electron chi connectivity index (χ2n) is 5.14. The highest BCUT2D eigenvalue weighted by Crippen LogP contribution is 2.22. The fraction of sp³-hybridized carbons (Fsp3) is 0.0588. The van der Waals surface area contributed by atoms with E-state index < -0.39 is 22.9 Å². The summed E-state index contributed by atoms with van der Waals surface area (Å²) in [5.74, 6) is -1.80. The van der Waals surface area contributed by atoms with Crippen LogP contribution in [0.5, 0.6) is 5.75 Å². The Bertz CT molecular complexity index is 973. The summed E-state index contributed by atoms with van der Waals surface area (Å²) in [4.78, 5) is 16.5. The van der Waals surface area contributed by atoms with Crippen molar-refractivity contribution in [3.63, 3.8) is 0 Å². The van der Waals surface area contributed by atoms with E-state index in [0.717, 1.165) is 18.2 Å². The molecule has 0 saturated carbocycles. The Balaban J connectivity index is 2.02. The molecule has 3 rings (SSSR count). The van der Waals surface area contributed by atoms with Crippen molar-refractivity contribution in [1.29, 1.82) is 0 Å². The zero-order valence-electron chi connectivity index (χ0n) is 12.2. The molecule has 0 unspecified atom stereocenters. The smallest absolute Gasteiger partial charge is 0.261 e. The fourth-order valence-corrected chi connectivity index (χ4v) is 2.50. The summed E-state index contributed by atoms with van der Waals surface area (Å²) in [6.45, 7) is 0.0966. The van der Waals surface area contributed by atoms with E-state index in [1.165, 1.54) is 35.3 Å². The van der Waals surface area contributed by atoms with E-state index in [4.69, 9.17) is 11.6 Å². The largest absolute Gasteiger partial charge is 0.505 e. The van der Waals surface area contributed by atoms with Gasteiger partial charge in [0, 0.05) is 11.2 Å². The zero-order valence-corrected chi connectivity index (χ0v) is 13.0. The lowest BCUT2D eigenvalue weighted by Crippen LogP contribution is -2.22. The molecule has 0 amide bonds. The normalized spacial score (nSPS) is 10.8. The number of rotatable bonds is 3. The van der Waals surface area contributed by atoms with Crippen molar-refractivity contribution in [3.8, 4) is 16.9 Å². The summed E-state index contributed by atoms with van der Waals surface area (Å²) >= 11 is 5.97. The van der Waals surface area contributed by atoms with Crippen LogP contribution >= 0.6 is 11.6 Å². The lowest BCUT2D eigenvalue weighted by atomic mass is 10.1. The van der Waals surface area contributed by atoms with Gasteiger partial charge in [-0.25, -0.2) is 13.8 Å². The van der Waals surface area contributed by atoms with Crippen LogP contribution in [0.2, 0.25) is 5.02 Å². The van der Waals surface area contributed by atoms with Crippen LogP contribution in [0.1, 0.15) is 5.56 Å². The molecule has 4 nitrogen and oxygen atoms in total. The third-order valence-electron chi connectivity index (χ3n) is 3.52. The summed E-state index contributed by atoms with van der Waals surface area (Å²) in [5, 5.41) is 9.44. The molecule has 122 valence electrons. The third kappa shape index (κ3) is 3.14. The van der Waals surface area contributed by atoms with Crippen LogP contribution < -0.4 is 5.56 Å². The highest BCUT2D eigenvalue weighted by molar-refractivity contribution is 6.31. The number of aromatic nitrogens is 2. The number of hydrogen-bond donors (Lipinski definition) is 1. The van der Waals surface area contributed by atoms with Gasteiger partial charge in [0.1, 0.15) is 5.82 Å². The zero-order chi connectivity index (χ0) is 17.3. The van der Waals surface area contributed by atoms with E-state index in [1.54, 1.807) is 0 Å². The molecule has 2 aromatic carbocycles. The molecule has 0 bridgehead atoms. The second kappa shape index (κ2) is 6.41. The van der Waals surface area contributed by atoms with Crippen LogP contribution in [0, 0.1) is 11.6 Å². The monoisotopic (exact) mass is 348 g/mol. The molecule has 0 aliphatic rings. The molecule has 1 aromatic heterocycles. The Morgan fingerprint density at radius 2 is 1.96 bits per heavy atom. The summed E-state index contributed by atoms with van der Waals surface area (Å²) in [7, 11) is 0. The first-order valence-electron chi connectivity index (χ1n) is 6.93. The first-order chi connectivity index (χ1) is 11.5. The first kappa shape index (κ1) is 16.1. The second-order valence-corrected chi connectivity index (χ2v) is 5.55. The quantitative estimate of drug-likeness (QED) is 0.787. The number of hydrogen-bond acceptors (Lipinski definition) is 3. The summed E-state index contributed by atoms with van der Waals surface area (Å²) < 4.78 is 27.9. The van der Waals surface area contributed by atoms with Crippen molar-refractivity contribution in [2.45, 2.75) is 6.54 Å². The van der Waals surface area contributed by atoms with E-state index in [9.17, 15) is 18.7 Å². The number of phenolic OH excluding ortho intramolecular Hbond substituents is 1. The lowest BCUT2D eigenvalue weighted by Gasteiger charge is -2.09. The highest BCUT2D eigenvalue weighted by atomic mass is 35.5. The maximum atomic E-state index is 13.5. The molecule has 0 saturated heterocycles. The van der Waals surface area contributed by atoms with Gasteiger partial charge in [-0.3, -0.25) is 9.36 Å². The van der Waals surface area contributed by atoms with Crippen molar-refractivity contribution < 1.29 is 13.9 Å². The highest BCUT2D eigenvalue weighted by Gasteiger charge is 2.11. The summed E-state index contributed by atoms with van der Waals surface area (Å²) in [6.07, 6.45) is 2.64. The molecule has 0 fully saturated rings. The number of nitrogens with zero attached hydrogens (tertiary/aromatic N) is 2. The first-order valence-corrected chi connectivity index (χ1v) is 7.31. The topological polar surface area (TPSA) is 55.1 Å². The minimum Gasteiger partial charge on any atom is -0.505 e. The molecule has 24 heavy (non-hydrogen) atoms. The van der Waals surface area contributed by atoms with E-state index in [1.807, 2.05) is 0 Å². The predicted octanol–water partition coefficient (Wildman–Crippen LogP) is 3.60. The average molecular weight is 349 g/mol. The SMILES string of the molecule is O=c1c(-c2ccc(O)c(F)c2)cncn1Cc1ccc(F)cc1Cl. The van der Waals surface area contributed by atoms with Gasteiger partial charge in [0.25, 0.3) is 5.56 Å². The standard InChI is InChI=1S/C17H11ClF2N2O2/c18-14-6-12(19)3-1-11(14)8-22-9-21-7-13(17(22)24)10-2-4-16(23)15(20)5-10/h1-7,9,23H,8H2. The Kier molecular flexibility index (Phi) is 4.31. The average Bonchev–Trinajstić information content (AvgIpc) is 2.54. The van der Waals surface area contributed by atoms with E-state index in [-0.39, 0.29) is 17.1 Å². The molecule has 0 radical (unpaired) electrons. The number of aromatic hydroxyl groups is 1. The van der Waals surface area contributed by atoms with E-state index in [0.29, 0.717) is 11.1 Å². The lowest BCUT2D eigenvalue weighted by molar-refractivity contribution is 0.432. The van der Waals surface area contributed by atoms with Crippen LogP contribution in [0.25, 0.3) is 11.1 Å². The number of phenols is 1. The van der Waals surface area contributed by atoms with Gasteiger partial charge < -0.3 is 5.11 Å². The Morgan fingerprint density at radius 1 is 1.17 bits per heavy atom. The predicted molar refractivity (Wildman–Crippen MR) is 86.1 cm³/mol. The summed E-state index contributed by atoms with van der Waals surface area (Å²) in [6, 6.07) is 7.54. The molecule has 0 aliphatic heterocycles. The van der Waals surface area contributed by atoms with Crippen molar-refractivity contribution in [3.05, 3.63) is 81.5 Å². The minimum atomic E-state index is -0.830. The maximum Gasteiger partial charge on any atom is 0.261 e. The van der Waals surface area contributed by atoms with Gasteiger partial charge in [0.05, 0.1) is 18.4 Å². The molecule has 1 N–H and O–H groups in total. The molecule has 0 atom stereocenters. The Morgan fingerprint density at radius 3 is 2.67 bits per heavy atom. The number of halogens is 3. The van der Waals surface area contributed by atoms with Crippen LogP contribution in [0.3, 0.4) is 0 Å². The molecule has 1 heterocycles. The van der Waals surface area contributed by atoms with Gasteiger partial charge >= 0.3 is 0 Å². The van der Waals surface area contributed by atoms with Crippen molar-refractivity contribution in [1.82, 2.24) is 9.55 Å². The van der Waals surface area contributed by atoms with Gasteiger partial charge in [0.2, 0.25) is 0 Å². The molecular weight excluding hydrogens is 338 g/mol. The van der Waals surface area contributed by atoms with Gasteiger partial charge in [-0.05, 0) is 35.4 Å². The fourth-order valence-electron chi connectivity index (χ4n) is 2.27.